The van der Waals surface area contributed by atoms with E-state index in [1.807, 2.05) is 19.1 Å². The molecular formula is C16H24N2O3. The van der Waals surface area contributed by atoms with Crippen LogP contribution in [-0.4, -0.2) is 48.9 Å². The van der Waals surface area contributed by atoms with Crippen molar-refractivity contribution in [2.75, 3.05) is 26.8 Å². The Kier molecular flexibility index (Phi) is 5.44. The zero-order valence-corrected chi connectivity index (χ0v) is 12.8. The van der Waals surface area contributed by atoms with Crippen LogP contribution < -0.4 is 10.1 Å². The van der Waals surface area contributed by atoms with Crippen LogP contribution in [0.1, 0.15) is 24.0 Å². The number of carbonyl (C=O) groups excluding carboxylic acids is 1. The number of hydrogen-bond acceptors (Lipinski definition) is 3. The molecule has 1 aliphatic heterocycles. The largest absolute Gasteiger partial charge is 0.496 e. The molecule has 0 radical (unpaired) electrons. The predicted octanol–water partition coefficient (Wildman–Crippen LogP) is 1.71. The maximum Gasteiger partial charge on any atom is 0.317 e. The number of methoxy groups -OCH3 is 1. The lowest BCUT2D eigenvalue weighted by atomic mass is 10.1. The summed E-state index contributed by atoms with van der Waals surface area (Å²) in [5.41, 5.74) is 2.24. The molecule has 0 unspecified atom stereocenters. The van der Waals surface area contributed by atoms with E-state index in [4.69, 9.17) is 4.74 Å². The van der Waals surface area contributed by atoms with Crippen molar-refractivity contribution in [2.24, 2.45) is 0 Å². The van der Waals surface area contributed by atoms with Gasteiger partial charge in [0.1, 0.15) is 5.75 Å². The van der Waals surface area contributed by atoms with E-state index in [0.717, 1.165) is 42.7 Å². The van der Waals surface area contributed by atoms with Crippen LogP contribution in [0.2, 0.25) is 0 Å². The van der Waals surface area contributed by atoms with Crippen molar-refractivity contribution in [3.05, 3.63) is 29.3 Å². The van der Waals surface area contributed by atoms with E-state index < -0.39 is 0 Å². The smallest absolute Gasteiger partial charge is 0.317 e. The summed E-state index contributed by atoms with van der Waals surface area (Å²) in [5.74, 6) is 0.874. The van der Waals surface area contributed by atoms with Gasteiger partial charge >= 0.3 is 6.03 Å². The van der Waals surface area contributed by atoms with E-state index >= 15 is 0 Å². The Labute approximate surface area is 125 Å². The fraction of sp³-hybridized carbons (Fsp3) is 0.562. The molecule has 1 atom stereocenters. The molecule has 116 valence electrons. The summed E-state index contributed by atoms with van der Waals surface area (Å²) in [4.78, 5) is 13.8. The normalized spacial score (nSPS) is 17.9. The van der Waals surface area contributed by atoms with Gasteiger partial charge in [-0.3, -0.25) is 0 Å². The second-order valence-electron chi connectivity index (χ2n) is 5.46. The van der Waals surface area contributed by atoms with Gasteiger partial charge in [0.2, 0.25) is 0 Å². The summed E-state index contributed by atoms with van der Waals surface area (Å²) >= 11 is 0. The van der Waals surface area contributed by atoms with Gasteiger partial charge in [0.05, 0.1) is 19.8 Å². The summed E-state index contributed by atoms with van der Waals surface area (Å²) in [7, 11) is 1.66. The van der Waals surface area contributed by atoms with Crippen LogP contribution in [0, 0.1) is 6.92 Å². The standard InChI is InChI=1S/C16H24N2O3/c1-12-5-6-13(10-15(12)21-2)7-8-17-16(20)18-9-3-4-14(18)11-19/h5-6,10,14,19H,3-4,7-9,11H2,1-2H3,(H,17,20)/t14-/m1/s1. The number of aliphatic hydroxyl groups is 1. The van der Waals surface area contributed by atoms with Crippen molar-refractivity contribution in [1.29, 1.82) is 0 Å². The Balaban J connectivity index is 1.82. The molecule has 1 aromatic carbocycles. The van der Waals surface area contributed by atoms with Gasteiger partial charge in [-0.05, 0) is 43.4 Å². The Morgan fingerprint density at radius 3 is 3.05 bits per heavy atom. The number of amides is 2. The van der Waals surface area contributed by atoms with Gasteiger partial charge in [-0.1, -0.05) is 12.1 Å². The predicted molar refractivity (Wildman–Crippen MR) is 81.6 cm³/mol. The Hall–Kier alpha value is -1.75. The zero-order chi connectivity index (χ0) is 15.2. The number of aliphatic hydroxyl groups excluding tert-OH is 1. The molecule has 1 heterocycles. The van der Waals surface area contributed by atoms with Crippen LogP contribution in [0.3, 0.4) is 0 Å². The van der Waals surface area contributed by atoms with Gasteiger partial charge < -0.3 is 20.1 Å². The molecule has 1 fully saturated rings. The minimum Gasteiger partial charge on any atom is -0.496 e. The molecule has 2 rings (SSSR count). The fourth-order valence-electron chi connectivity index (χ4n) is 2.73. The molecule has 21 heavy (non-hydrogen) atoms. The van der Waals surface area contributed by atoms with Crippen molar-refractivity contribution < 1.29 is 14.6 Å². The fourth-order valence-corrected chi connectivity index (χ4v) is 2.73. The molecule has 0 spiro atoms. The summed E-state index contributed by atoms with van der Waals surface area (Å²) in [6, 6.07) is 5.98. The molecule has 0 aliphatic carbocycles. The van der Waals surface area contributed by atoms with Gasteiger partial charge in [-0.2, -0.15) is 0 Å². The third kappa shape index (κ3) is 3.88. The van der Waals surface area contributed by atoms with Gasteiger partial charge in [0, 0.05) is 13.1 Å². The van der Waals surface area contributed by atoms with Crippen LogP contribution in [0.25, 0.3) is 0 Å². The second-order valence-corrected chi connectivity index (χ2v) is 5.46. The third-order valence-electron chi connectivity index (χ3n) is 4.01. The van der Waals surface area contributed by atoms with Gasteiger partial charge in [0.15, 0.2) is 0 Å². The van der Waals surface area contributed by atoms with E-state index in [1.54, 1.807) is 12.0 Å². The van der Waals surface area contributed by atoms with Gasteiger partial charge in [-0.15, -0.1) is 0 Å². The van der Waals surface area contributed by atoms with Crippen LogP contribution >= 0.6 is 0 Å². The Morgan fingerprint density at radius 2 is 2.33 bits per heavy atom. The van der Waals surface area contributed by atoms with Crippen molar-refractivity contribution in [3.8, 4) is 5.75 Å². The molecular weight excluding hydrogens is 268 g/mol. The molecule has 2 amide bonds. The molecule has 1 aliphatic rings. The molecule has 0 saturated carbocycles. The minimum atomic E-state index is -0.0781. The van der Waals surface area contributed by atoms with Gasteiger partial charge in [-0.25, -0.2) is 4.79 Å². The van der Waals surface area contributed by atoms with Gasteiger partial charge in [0.25, 0.3) is 0 Å². The quantitative estimate of drug-likeness (QED) is 0.868. The highest BCUT2D eigenvalue weighted by molar-refractivity contribution is 5.74. The number of rotatable bonds is 5. The lowest BCUT2D eigenvalue weighted by Gasteiger charge is -2.23. The van der Waals surface area contributed by atoms with Crippen LogP contribution in [0.5, 0.6) is 5.75 Å². The topological polar surface area (TPSA) is 61.8 Å². The van der Waals surface area contributed by atoms with E-state index in [1.165, 1.54) is 0 Å². The van der Waals surface area contributed by atoms with E-state index in [-0.39, 0.29) is 18.7 Å². The monoisotopic (exact) mass is 292 g/mol. The van der Waals surface area contributed by atoms with Crippen LogP contribution in [0.15, 0.2) is 18.2 Å². The molecule has 0 aromatic heterocycles. The molecule has 1 aromatic rings. The lowest BCUT2D eigenvalue weighted by Crippen LogP contribution is -2.44. The van der Waals surface area contributed by atoms with Crippen molar-refractivity contribution in [3.63, 3.8) is 0 Å². The second kappa shape index (κ2) is 7.31. The summed E-state index contributed by atoms with van der Waals surface area (Å²) < 4.78 is 5.30. The van der Waals surface area contributed by atoms with E-state index in [2.05, 4.69) is 11.4 Å². The first-order chi connectivity index (χ1) is 10.2. The SMILES string of the molecule is COc1cc(CCNC(=O)N2CCC[C@@H]2CO)ccc1C. The number of nitrogens with one attached hydrogen (secondary N) is 1. The number of nitrogens with zero attached hydrogens (tertiary/aromatic N) is 1. The third-order valence-corrected chi connectivity index (χ3v) is 4.01. The summed E-state index contributed by atoms with van der Waals surface area (Å²) in [6.07, 6.45) is 2.62. The van der Waals surface area contributed by atoms with Crippen molar-refractivity contribution in [1.82, 2.24) is 10.2 Å². The number of urea groups is 1. The first kappa shape index (κ1) is 15.6. The van der Waals surface area contributed by atoms with E-state index in [0.29, 0.717) is 6.54 Å². The minimum absolute atomic E-state index is 0.0236. The van der Waals surface area contributed by atoms with Crippen LogP contribution in [0.4, 0.5) is 4.79 Å². The zero-order valence-electron chi connectivity index (χ0n) is 12.8. The molecule has 5 heteroatoms. The molecule has 0 bridgehead atoms. The Bertz CT molecular complexity index is 490. The summed E-state index contributed by atoms with van der Waals surface area (Å²) in [5, 5.41) is 12.2. The average Bonchev–Trinajstić information content (AvgIpc) is 2.97. The maximum atomic E-state index is 12.1. The average molecular weight is 292 g/mol. The first-order valence-electron chi connectivity index (χ1n) is 7.44. The maximum absolute atomic E-state index is 12.1. The first-order valence-corrected chi connectivity index (χ1v) is 7.44. The summed E-state index contributed by atoms with van der Waals surface area (Å²) in [6.45, 7) is 3.37. The number of aryl methyl sites for hydroxylation is 1. The highest BCUT2D eigenvalue weighted by Gasteiger charge is 2.27. The van der Waals surface area contributed by atoms with Crippen molar-refractivity contribution >= 4 is 6.03 Å². The number of ether oxygens (including phenoxy) is 1. The molecule has 1 saturated heterocycles. The number of hydrogen-bond donors (Lipinski definition) is 2. The number of benzene rings is 1. The Morgan fingerprint density at radius 1 is 1.52 bits per heavy atom. The molecule has 2 N–H and O–H groups in total. The van der Waals surface area contributed by atoms with Crippen molar-refractivity contribution in [2.45, 2.75) is 32.2 Å². The van der Waals surface area contributed by atoms with E-state index in [9.17, 15) is 9.90 Å². The number of carbonyl (C=O) groups is 1. The lowest BCUT2D eigenvalue weighted by molar-refractivity contribution is 0.157. The number of likely N-dealkylation sites (tertiary alicyclic amines) is 1. The highest BCUT2D eigenvalue weighted by atomic mass is 16.5. The molecule has 5 nitrogen and oxygen atoms in total. The van der Waals surface area contributed by atoms with Crippen LogP contribution in [-0.2, 0) is 6.42 Å². The highest BCUT2D eigenvalue weighted by Crippen LogP contribution is 2.19.